The first kappa shape index (κ1) is 19.5. The number of pyridine rings is 1. The van der Waals surface area contributed by atoms with Crippen LogP contribution in [0, 0.1) is 17.8 Å². The van der Waals surface area contributed by atoms with Crippen LogP contribution in [0.15, 0.2) is 25.0 Å². The number of nitrogens with zero attached hydrogens (tertiary/aromatic N) is 1. The van der Waals surface area contributed by atoms with Crippen LogP contribution in [-0.2, 0) is 10.0 Å². The van der Waals surface area contributed by atoms with Crippen LogP contribution < -0.4 is 9.38 Å². The van der Waals surface area contributed by atoms with E-state index in [1.165, 1.54) is 0 Å². The molecule has 2 aromatic heterocycles. The maximum atomic E-state index is 12.2. The first-order valence-corrected chi connectivity index (χ1v) is 11.4. The summed E-state index contributed by atoms with van der Waals surface area (Å²) in [7, 11) is -4.17. The summed E-state index contributed by atoms with van der Waals surface area (Å²) < 4.78 is 32.7. The van der Waals surface area contributed by atoms with E-state index < -0.39 is 17.1 Å². The van der Waals surface area contributed by atoms with Gasteiger partial charge in [0.25, 0.3) is 0 Å². The Morgan fingerprint density at radius 2 is 2.18 bits per heavy atom. The van der Waals surface area contributed by atoms with Crippen LogP contribution in [0.4, 0.5) is 0 Å². The lowest BCUT2D eigenvalue weighted by Gasteiger charge is -2.37. The molecule has 28 heavy (non-hydrogen) atoms. The molecule has 7 nitrogen and oxygen atoms in total. The van der Waals surface area contributed by atoms with E-state index in [1.54, 1.807) is 13.0 Å². The van der Waals surface area contributed by atoms with Gasteiger partial charge in [-0.2, -0.15) is 0 Å². The van der Waals surface area contributed by atoms with Gasteiger partial charge in [-0.1, -0.05) is 6.58 Å². The number of rotatable bonds is 9. The summed E-state index contributed by atoms with van der Waals surface area (Å²) in [6, 6.07) is 1.92. The average molecular weight is 403 g/mol. The van der Waals surface area contributed by atoms with Gasteiger partial charge in [0, 0.05) is 23.7 Å². The van der Waals surface area contributed by atoms with Crippen LogP contribution in [0.3, 0.4) is 0 Å². The Morgan fingerprint density at radius 1 is 1.43 bits per heavy atom. The molecule has 0 saturated heterocycles. The SMILES string of the molecule is C=C(c1c(OB(C)O)cnc2[nH]ccc12)[C@H]1C[C@@H](CS(=O)(=O)NCC2CC2)C1. The number of sulfonamides is 1. The Morgan fingerprint density at radius 3 is 2.86 bits per heavy atom. The van der Waals surface area contributed by atoms with Gasteiger partial charge in [0.1, 0.15) is 11.4 Å². The second-order valence-electron chi connectivity index (χ2n) is 8.09. The van der Waals surface area contributed by atoms with Crippen molar-refractivity contribution in [2.24, 2.45) is 17.8 Å². The Labute approximate surface area is 165 Å². The van der Waals surface area contributed by atoms with E-state index >= 15 is 0 Å². The zero-order chi connectivity index (χ0) is 19.9. The van der Waals surface area contributed by atoms with E-state index in [1.807, 2.05) is 12.3 Å². The Balaban J connectivity index is 1.43. The molecule has 0 aromatic carbocycles. The predicted octanol–water partition coefficient (Wildman–Crippen LogP) is 2.42. The Bertz CT molecular complexity index is 978. The molecule has 0 radical (unpaired) electrons. The largest absolute Gasteiger partial charge is 0.535 e. The number of allylic oxidation sites excluding steroid dienone is 1. The lowest BCUT2D eigenvalue weighted by Crippen LogP contribution is -2.36. The van der Waals surface area contributed by atoms with Crippen molar-refractivity contribution < 1.29 is 18.1 Å². The lowest BCUT2D eigenvalue weighted by atomic mass is 9.70. The number of aromatic nitrogens is 2. The fraction of sp³-hybridized carbons (Fsp3) is 0.526. The monoisotopic (exact) mass is 403 g/mol. The van der Waals surface area contributed by atoms with Crippen molar-refractivity contribution in [2.45, 2.75) is 32.5 Å². The highest BCUT2D eigenvalue weighted by atomic mass is 32.2. The van der Waals surface area contributed by atoms with E-state index in [4.69, 9.17) is 4.65 Å². The quantitative estimate of drug-likeness (QED) is 0.558. The number of nitrogens with one attached hydrogen (secondary N) is 2. The zero-order valence-electron chi connectivity index (χ0n) is 16.0. The Kier molecular flexibility index (Phi) is 5.24. The zero-order valence-corrected chi connectivity index (χ0v) is 16.8. The van der Waals surface area contributed by atoms with Gasteiger partial charge in [-0.25, -0.2) is 18.1 Å². The van der Waals surface area contributed by atoms with Gasteiger partial charge in [0.05, 0.1) is 11.9 Å². The number of aromatic amines is 1. The van der Waals surface area contributed by atoms with Gasteiger partial charge in [-0.3, -0.25) is 0 Å². The van der Waals surface area contributed by atoms with Gasteiger partial charge >= 0.3 is 7.12 Å². The molecule has 0 bridgehead atoms. The van der Waals surface area contributed by atoms with Gasteiger partial charge in [-0.05, 0) is 61.9 Å². The molecule has 0 unspecified atom stereocenters. The van der Waals surface area contributed by atoms with Crippen molar-refractivity contribution in [1.82, 2.24) is 14.7 Å². The molecule has 2 heterocycles. The predicted molar refractivity (Wildman–Crippen MR) is 110 cm³/mol. The molecule has 4 rings (SSSR count). The highest BCUT2D eigenvalue weighted by Crippen LogP contribution is 2.46. The van der Waals surface area contributed by atoms with Gasteiger partial charge in [-0.15, -0.1) is 0 Å². The minimum Gasteiger partial charge on any atom is -0.535 e. The molecule has 2 aromatic rings. The molecule has 2 saturated carbocycles. The summed E-state index contributed by atoms with van der Waals surface area (Å²) in [5.74, 6) is 1.54. The number of H-pyrrole nitrogens is 1. The molecule has 0 spiro atoms. The fourth-order valence-corrected chi connectivity index (χ4v) is 5.39. The maximum Gasteiger partial charge on any atom is 0.519 e. The van der Waals surface area contributed by atoms with E-state index in [0.717, 1.165) is 47.9 Å². The van der Waals surface area contributed by atoms with Gasteiger partial charge in [0.15, 0.2) is 0 Å². The summed E-state index contributed by atoms with van der Waals surface area (Å²) >= 11 is 0. The third kappa shape index (κ3) is 4.26. The summed E-state index contributed by atoms with van der Waals surface area (Å²) in [4.78, 5) is 7.40. The number of hydrogen-bond acceptors (Lipinski definition) is 5. The molecule has 0 atom stereocenters. The molecule has 2 fully saturated rings. The van der Waals surface area contributed by atoms with Crippen molar-refractivity contribution in [2.75, 3.05) is 12.3 Å². The van der Waals surface area contributed by atoms with Crippen molar-refractivity contribution in [3.05, 3.63) is 30.6 Å². The molecule has 150 valence electrons. The standard InChI is InChI=1S/C19H26BN3O4S/c1-12(15-7-14(8-15)11-28(25,26)23-9-13-3-4-13)18-16-5-6-21-19(16)22-10-17(18)27-20(2)24/h5-6,10,13-15,23-24H,1,3-4,7-9,11H2,2H3,(H,21,22)/t14-,15+. The highest BCUT2D eigenvalue weighted by molar-refractivity contribution is 7.89. The van der Waals surface area contributed by atoms with Crippen LogP contribution in [0.25, 0.3) is 16.6 Å². The molecule has 9 heteroatoms. The summed E-state index contributed by atoms with van der Waals surface area (Å²) in [6.07, 6.45) is 7.22. The lowest BCUT2D eigenvalue weighted by molar-refractivity contribution is 0.273. The second kappa shape index (κ2) is 7.53. The van der Waals surface area contributed by atoms with Crippen LogP contribution in [0.1, 0.15) is 31.2 Å². The van der Waals surface area contributed by atoms with E-state index in [-0.39, 0.29) is 17.6 Å². The second-order valence-corrected chi connectivity index (χ2v) is 9.94. The number of fused-ring (bicyclic) bond motifs is 1. The van der Waals surface area contributed by atoms with Crippen LogP contribution in [0.2, 0.25) is 6.82 Å². The van der Waals surface area contributed by atoms with Gasteiger partial charge in [0.2, 0.25) is 10.0 Å². The van der Waals surface area contributed by atoms with Crippen molar-refractivity contribution in [3.63, 3.8) is 0 Å². The molecule has 2 aliphatic rings. The van der Waals surface area contributed by atoms with E-state index in [0.29, 0.717) is 18.2 Å². The molecule has 0 amide bonds. The third-order valence-corrected chi connectivity index (χ3v) is 7.16. The minimum absolute atomic E-state index is 0.142. The van der Waals surface area contributed by atoms with Crippen LogP contribution in [0.5, 0.6) is 5.75 Å². The van der Waals surface area contributed by atoms with E-state index in [2.05, 4.69) is 21.3 Å². The van der Waals surface area contributed by atoms with Crippen molar-refractivity contribution in [1.29, 1.82) is 0 Å². The van der Waals surface area contributed by atoms with E-state index in [9.17, 15) is 13.4 Å². The molecular formula is C19H26BN3O4S. The first-order valence-electron chi connectivity index (χ1n) is 9.79. The highest BCUT2D eigenvalue weighted by Gasteiger charge is 2.36. The van der Waals surface area contributed by atoms with Crippen LogP contribution >= 0.6 is 0 Å². The van der Waals surface area contributed by atoms with Gasteiger partial charge < -0.3 is 14.7 Å². The summed E-state index contributed by atoms with van der Waals surface area (Å²) in [5, 5.41) is 10.5. The minimum atomic E-state index is -3.21. The normalized spacial score (nSPS) is 22.1. The molecule has 3 N–H and O–H groups in total. The summed E-state index contributed by atoms with van der Waals surface area (Å²) in [5.41, 5.74) is 2.48. The molecule has 2 aliphatic carbocycles. The smallest absolute Gasteiger partial charge is 0.519 e. The third-order valence-electron chi connectivity index (χ3n) is 5.64. The maximum absolute atomic E-state index is 12.2. The molecule has 0 aliphatic heterocycles. The first-order chi connectivity index (χ1) is 13.3. The van der Waals surface area contributed by atoms with Crippen LogP contribution in [-0.4, -0.2) is 42.8 Å². The topological polar surface area (TPSA) is 104 Å². The van der Waals surface area contributed by atoms with Crippen molar-refractivity contribution >= 4 is 33.7 Å². The number of hydrogen-bond donors (Lipinski definition) is 3. The molecular weight excluding hydrogens is 377 g/mol. The average Bonchev–Trinajstić information content (AvgIpc) is 3.31. The Hall–Kier alpha value is -1.84. The summed E-state index contributed by atoms with van der Waals surface area (Å²) in [6.45, 7) is 6.40. The fourth-order valence-electron chi connectivity index (χ4n) is 3.89. The van der Waals surface area contributed by atoms with Crippen molar-refractivity contribution in [3.8, 4) is 5.75 Å².